The van der Waals surface area contributed by atoms with Crippen molar-refractivity contribution in [1.82, 2.24) is 4.57 Å². The quantitative estimate of drug-likeness (QED) is 0.807. The molecule has 0 aliphatic heterocycles. The van der Waals surface area contributed by atoms with Crippen LogP contribution in [0.3, 0.4) is 0 Å². The Kier molecular flexibility index (Phi) is 3.24. The molecule has 3 heteroatoms. The van der Waals surface area contributed by atoms with Gasteiger partial charge in [0.05, 0.1) is 12.5 Å². The second-order valence-corrected chi connectivity index (χ2v) is 4.00. The van der Waals surface area contributed by atoms with Gasteiger partial charge in [-0.05, 0) is 29.5 Å². The second-order valence-electron chi connectivity index (χ2n) is 4.00. The summed E-state index contributed by atoms with van der Waals surface area (Å²) in [5.74, 6) is 0. The number of pyridine rings is 1. The third-order valence-corrected chi connectivity index (χ3v) is 2.91. The Labute approximate surface area is 99.9 Å². The number of nitrogens with zero attached hydrogens (tertiary/aromatic N) is 2. The fourth-order valence-corrected chi connectivity index (χ4v) is 1.90. The lowest BCUT2D eigenvalue weighted by molar-refractivity contribution is 0.692. The molecule has 0 aliphatic carbocycles. The summed E-state index contributed by atoms with van der Waals surface area (Å²) < 4.78 is 1.59. The molecule has 0 spiro atoms. The van der Waals surface area contributed by atoms with E-state index in [1.807, 2.05) is 30.3 Å². The topological polar surface area (TPSA) is 45.8 Å². The van der Waals surface area contributed by atoms with E-state index in [0.717, 1.165) is 17.2 Å². The maximum Gasteiger partial charge on any atom is 0.258 e. The summed E-state index contributed by atoms with van der Waals surface area (Å²) in [6.45, 7) is 2.55. The lowest BCUT2D eigenvalue weighted by Crippen LogP contribution is -2.19. The van der Waals surface area contributed by atoms with Crippen molar-refractivity contribution < 1.29 is 0 Å². The molecule has 0 atom stereocenters. The third kappa shape index (κ3) is 2.21. The fourth-order valence-electron chi connectivity index (χ4n) is 1.90. The Morgan fingerprint density at radius 3 is 2.88 bits per heavy atom. The first-order valence-electron chi connectivity index (χ1n) is 5.75. The zero-order chi connectivity index (χ0) is 12.3. The van der Waals surface area contributed by atoms with Gasteiger partial charge in [-0.2, -0.15) is 5.26 Å². The highest BCUT2D eigenvalue weighted by atomic mass is 16.1. The minimum absolute atomic E-state index is 0.0135. The maximum atomic E-state index is 12.1. The smallest absolute Gasteiger partial charge is 0.258 e. The predicted molar refractivity (Wildman–Crippen MR) is 67.8 cm³/mol. The summed E-state index contributed by atoms with van der Waals surface area (Å²) >= 11 is 0. The van der Waals surface area contributed by atoms with E-state index in [9.17, 15) is 4.79 Å². The Balaban J connectivity index is 2.53. The van der Waals surface area contributed by atoms with E-state index in [2.05, 4.69) is 6.92 Å². The van der Waals surface area contributed by atoms with Crippen LogP contribution < -0.4 is 5.56 Å². The number of rotatable bonds is 3. The number of benzene rings is 1. The molecule has 1 aromatic carbocycles. The van der Waals surface area contributed by atoms with Crippen LogP contribution in [0.2, 0.25) is 0 Å². The summed E-state index contributed by atoms with van der Waals surface area (Å²) in [6.07, 6.45) is 3.09. The van der Waals surface area contributed by atoms with Crippen molar-refractivity contribution in [2.24, 2.45) is 0 Å². The lowest BCUT2D eigenvalue weighted by atomic mass is 10.1. The van der Waals surface area contributed by atoms with Crippen molar-refractivity contribution in [3.63, 3.8) is 0 Å². The van der Waals surface area contributed by atoms with E-state index in [-0.39, 0.29) is 5.56 Å². The van der Waals surface area contributed by atoms with Gasteiger partial charge < -0.3 is 4.57 Å². The SMILES string of the molecule is CCc1ccc2c(=O)n(CCC#N)ccc2c1. The van der Waals surface area contributed by atoms with Crippen LogP contribution in [0.15, 0.2) is 35.3 Å². The average Bonchev–Trinajstić information content (AvgIpc) is 2.37. The van der Waals surface area contributed by atoms with E-state index in [1.54, 1.807) is 10.8 Å². The Hall–Kier alpha value is -2.08. The number of hydrogen-bond donors (Lipinski definition) is 0. The standard InChI is InChI=1S/C14H14N2O/c1-2-11-4-5-13-12(10-11)6-9-16(14(13)17)8-3-7-15/h4-6,9-10H,2-3,8H2,1H3. The molecule has 0 N–H and O–H groups in total. The molecule has 0 bridgehead atoms. The molecule has 1 heterocycles. The van der Waals surface area contributed by atoms with Gasteiger partial charge in [-0.25, -0.2) is 0 Å². The van der Waals surface area contributed by atoms with Crippen molar-refractivity contribution >= 4 is 10.8 Å². The van der Waals surface area contributed by atoms with Gasteiger partial charge in [0.25, 0.3) is 5.56 Å². The second kappa shape index (κ2) is 4.84. The van der Waals surface area contributed by atoms with E-state index >= 15 is 0 Å². The van der Waals surface area contributed by atoms with Gasteiger partial charge >= 0.3 is 0 Å². The minimum Gasteiger partial charge on any atom is -0.314 e. The molecule has 0 amide bonds. The summed E-state index contributed by atoms with van der Waals surface area (Å²) in [5, 5.41) is 10.2. The normalized spacial score (nSPS) is 10.4. The molecule has 0 radical (unpaired) electrons. The molecule has 86 valence electrons. The highest BCUT2D eigenvalue weighted by Gasteiger charge is 2.02. The summed E-state index contributed by atoms with van der Waals surface area (Å²) in [7, 11) is 0. The van der Waals surface area contributed by atoms with E-state index < -0.39 is 0 Å². The predicted octanol–water partition coefficient (Wildman–Crippen LogP) is 2.48. The zero-order valence-corrected chi connectivity index (χ0v) is 9.81. The first-order valence-corrected chi connectivity index (χ1v) is 5.75. The average molecular weight is 226 g/mol. The number of fused-ring (bicyclic) bond motifs is 1. The van der Waals surface area contributed by atoms with Crippen molar-refractivity contribution in [3.05, 3.63) is 46.4 Å². The largest absolute Gasteiger partial charge is 0.314 e. The molecular formula is C14H14N2O. The van der Waals surface area contributed by atoms with Crippen LogP contribution >= 0.6 is 0 Å². The molecule has 0 fully saturated rings. The molecule has 2 aromatic rings. The van der Waals surface area contributed by atoms with Crippen molar-refractivity contribution in [2.75, 3.05) is 0 Å². The number of nitriles is 1. The monoisotopic (exact) mass is 226 g/mol. The number of aromatic nitrogens is 1. The molecule has 0 unspecified atom stereocenters. The van der Waals surface area contributed by atoms with Gasteiger partial charge in [0.1, 0.15) is 0 Å². The van der Waals surface area contributed by atoms with Crippen LogP contribution in [-0.4, -0.2) is 4.57 Å². The zero-order valence-electron chi connectivity index (χ0n) is 9.81. The van der Waals surface area contributed by atoms with Crippen LogP contribution in [0.5, 0.6) is 0 Å². The first kappa shape index (κ1) is 11.4. The number of hydrogen-bond acceptors (Lipinski definition) is 2. The summed E-state index contributed by atoms with van der Waals surface area (Å²) in [6, 6.07) is 9.89. The molecule has 0 aliphatic rings. The molecule has 2 rings (SSSR count). The van der Waals surface area contributed by atoms with E-state index in [0.29, 0.717) is 13.0 Å². The van der Waals surface area contributed by atoms with Gasteiger partial charge in [0.2, 0.25) is 0 Å². The number of aryl methyl sites for hydroxylation is 2. The highest BCUT2D eigenvalue weighted by Crippen LogP contribution is 2.12. The third-order valence-electron chi connectivity index (χ3n) is 2.91. The van der Waals surface area contributed by atoms with Crippen molar-refractivity contribution in [2.45, 2.75) is 26.3 Å². The van der Waals surface area contributed by atoms with Crippen LogP contribution in [0.4, 0.5) is 0 Å². The van der Waals surface area contributed by atoms with Gasteiger partial charge in [0.15, 0.2) is 0 Å². The van der Waals surface area contributed by atoms with Crippen LogP contribution in [0.1, 0.15) is 18.9 Å². The first-order chi connectivity index (χ1) is 8.26. The van der Waals surface area contributed by atoms with Crippen molar-refractivity contribution in [1.29, 1.82) is 5.26 Å². The molecule has 0 saturated heterocycles. The molecule has 0 saturated carbocycles. The molecular weight excluding hydrogens is 212 g/mol. The Bertz CT molecular complexity index is 635. The highest BCUT2D eigenvalue weighted by molar-refractivity contribution is 5.82. The van der Waals surface area contributed by atoms with Gasteiger partial charge in [0, 0.05) is 18.1 Å². The Morgan fingerprint density at radius 1 is 1.35 bits per heavy atom. The van der Waals surface area contributed by atoms with Gasteiger partial charge in [-0.15, -0.1) is 0 Å². The molecule has 1 aromatic heterocycles. The Morgan fingerprint density at radius 2 is 2.18 bits per heavy atom. The van der Waals surface area contributed by atoms with Crippen molar-refractivity contribution in [3.8, 4) is 6.07 Å². The van der Waals surface area contributed by atoms with Crippen LogP contribution in [0.25, 0.3) is 10.8 Å². The van der Waals surface area contributed by atoms with Gasteiger partial charge in [-0.1, -0.05) is 19.1 Å². The summed E-state index contributed by atoms with van der Waals surface area (Å²) in [5.41, 5.74) is 1.21. The molecule has 3 nitrogen and oxygen atoms in total. The lowest BCUT2D eigenvalue weighted by Gasteiger charge is -2.06. The molecule has 17 heavy (non-hydrogen) atoms. The fraction of sp³-hybridized carbons (Fsp3) is 0.286. The van der Waals surface area contributed by atoms with Crippen LogP contribution in [0, 0.1) is 11.3 Å². The van der Waals surface area contributed by atoms with Crippen LogP contribution in [-0.2, 0) is 13.0 Å². The maximum absolute atomic E-state index is 12.1. The van der Waals surface area contributed by atoms with E-state index in [4.69, 9.17) is 5.26 Å². The minimum atomic E-state index is -0.0135. The summed E-state index contributed by atoms with van der Waals surface area (Å²) in [4.78, 5) is 12.1. The van der Waals surface area contributed by atoms with Gasteiger partial charge in [-0.3, -0.25) is 4.79 Å². The van der Waals surface area contributed by atoms with E-state index in [1.165, 1.54) is 5.56 Å².